The number of nitrogens with two attached hydrogens (primary N) is 1. The Bertz CT molecular complexity index is 279. The van der Waals surface area contributed by atoms with Crippen molar-refractivity contribution in [3.8, 4) is 0 Å². The normalized spacial score (nSPS) is 13.6. The van der Waals surface area contributed by atoms with Crippen LogP contribution in [0.1, 0.15) is 37.6 Å². The molecule has 1 nitrogen and oxygen atoms in total. The van der Waals surface area contributed by atoms with E-state index in [0.29, 0.717) is 5.92 Å². The molecule has 0 aliphatic rings. The van der Waals surface area contributed by atoms with Gasteiger partial charge in [-0.15, -0.1) is 11.3 Å². The van der Waals surface area contributed by atoms with Gasteiger partial charge in [0.1, 0.15) is 4.34 Å². The van der Waals surface area contributed by atoms with E-state index in [0.717, 1.165) is 21.7 Å². The van der Waals surface area contributed by atoms with E-state index in [1.165, 1.54) is 4.88 Å². The first-order chi connectivity index (χ1) is 6.50. The third-order valence-corrected chi connectivity index (χ3v) is 4.69. The molecule has 2 N–H and O–H groups in total. The van der Waals surface area contributed by atoms with Crippen LogP contribution in [0.25, 0.3) is 0 Å². The highest BCUT2D eigenvalue weighted by Crippen LogP contribution is 2.35. The van der Waals surface area contributed by atoms with Gasteiger partial charge in [-0.1, -0.05) is 25.4 Å². The Morgan fingerprint density at radius 3 is 2.57 bits per heavy atom. The highest BCUT2D eigenvalue weighted by Gasteiger charge is 2.12. The maximum Gasteiger partial charge on any atom is 0.107 e. The van der Waals surface area contributed by atoms with Crippen molar-refractivity contribution in [2.45, 2.75) is 32.7 Å². The van der Waals surface area contributed by atoms with E-state index in [1.807, 2.05) is 6.07 Å². The minimum Gasteiger partial charge on any atom is -0.323 e. The number of halogens is 2. The van der Waals surface area contributed by atoms with E-state index < -0.39 is 0 Å². The first-order valence-electron chi connectivity index (χ1n) is 4.71. The van der Waals surface area contributed by atoms with Crippen molar-refractivity contribution in [1.29, 1.82) is 0 Å². The fraction of sp³-hybridized carbons (Fsp3) is 0.600. The van der Waals surface area contributed by atoms with E-state index in [1.54, 1.807) is 11.3 Å². The summed E-state index contributed by atoms with van der Waals surface area (Å²) in [6.45, 7) is 4.42. The molecule has 0 saturated heterocycles. The average molecular weight is 297 g/mol. The van der Waals surface area contributed by atoms with Crippen LogP contribution < -0.4 is 5.73 Å². The quantitative estimate of drug-likeness (QED) is 0.863. The van der Waals surface area contributed by atoms with Crippen LogP contribution in [0.4, 0.5) is 0 Å². The number of thiophene rings is 1. The van der Waals surface area contributed by atoms with E-state index in [2.05, 4.69) is 29.8 Å². The Hall–Kier alpha value is 0.430. The van der Waals surface area contributed by atoms with Gasteiger partial charge in [0.05, 0.1) is 0 Å². The topological polar surface area (TPSA) is 26.0 Å². The summed E-state index contributed by atoms with van der Waals surface area (Å²) in [4.78, 5) is 1.17. The average Bonchev–Trinajstić information content (AvgIpc) is 2.43. The Labute approximate surface area is 103 Å². The largest absolute Gasteiger partial charge is 0.323 e. The molecule has 0 spiro atoms. The van der Waals surface area contributed by atoms with Crippen LogP contribution in [0.15, 0.2) is 10.5 Å². The van der Waals surface area contributed by atoms with E-state index in [-0.39, 0.29) is 6.04 Å². The molecule has 0 aliphatic heterocycles. The Morgan fingerprint density at radius 1 is 1.50 bits per heavy atom. The van der Waals surface area contributed by atoms with Crippen LogP contribution >= 0.6 is 38.9 Å². The molecule has 14 heavy (non-hydrogen) atoms. The van der Waals surface area contributed by atoms with Crippen LogP contribution in [0.3, 0.4) is 0 Å². The van der Waals surface area contributed by atoms with Crippen LogP contribution in [-0.4, -0.2) is 0 Å². The second-order valence-corrected chi connectivity index (χ2v) is 6.39. The van der Waals surface area contributed by atoms with Crippen molar-refractivity contribution in [1.82, 2.24) is 0 Å². The second kappa shape index (κ2) is 5.50. The lowest BCUT2D eigenvalue weighted by Gasteiger charge is -2.10. The van der Waals surface area contributed by atoms with Gasteiger partial charge in [-0.05, 0) is 40.8 Å². The lowest BCUT2D eigenvalue weighted by Crippen LogP contribution is -2.09. The van der Waals surface area contributed by atoms with E-state index in [9.17, 15) is 0 Å². The van der Waals surface area contributed by atoms with Gasteiger partial charge in [0.15, 0.2) is 0 Å². The maximum atomic E-state index is 6.06. The molecule has 0 aromatic carbocycles. The fourth-order valence-electron chi connectivity index (χ4n) is 1.20. The zero-order valence-electron chi connectivity index (χ0n) is 8.39. The third-order valence-electron chi connectivity index (χ3n) is 2.08. The summed E-state index contributed by atoms with van der Waals surface area (Å²) in [6.07, 6.45) is 2.19. The first kappa shape index (κ1) is 12.5. The molecule has 1 unspecified atom stereocenters. The summed E-state index contributed by atoms with van der Waals surface area (Å²) in [7, 11) is 0. The first-order valence-corrected chi connectivity index (χ1v) is 6.69. The van der Waals surface area contributed by atoms with Gasteiger partial charge in [-0.3, -0.25) is 0 Å². The van der Waals surface area contributed by atoms with Gasteiger partial charge in [0.25, 0.3) is 0 Å². The smallest absolute Gasteiger partial charge is 0.107 e. The van der Waals surface area contributed by atoms with Crippen molar-refractivity contribution >= 4 is 38.9 Å². The number of hydrogen-bond donors (Lipinski definition) is 1. The van der Waals surface area contributed by atoms with Crippen molar-refractivity contribution in [2.75, 3.05) is 0 Å². The van der Waals surface area contributed by atoms with E-state index in [4.69, 9.17) is 17.3 Å². The van der Waals surface area contributed by atoms with Gasteiger partial charge >= 0.3 is 0 Å². The van der Waals surface area contributed by atoms with Crippen molar-refractivity contribution in [3.63, 3.8) is 0 Å². The molecule has 0 aliphatic carbocycles. The lowest BCUT2D eigenvalue weighted by molar-refractivity contribution is 0.510. The van der Waals surface area contributed by atoms with Crippen molar-refractivity contribution in [3.05, 3.63) is 19.8 Å². The molecule has 1 atom stereocenters. The van der Waals surface area contributed by atoms with Crippen LogP contribution in [-0.2, 0) is 0 Å². The molecule has 1 rings (SSSR count). The molecule has 0 fully saturated rings. The summed E-state index contributed by atoms with van der Waals surface area (Å²) in [5.41, 5.74) is 6.06. The highest BCUT2D eigenvalue weighted by atomic mass is 79.9. The zero-order chi connectivity index (χ0) is 10.7. The van der Waals surface area contributed by atoms with Gasteiger partial charge in [0, 0.05) is 15.4 Å². The Morgan fingerprint density at radius 2 is 2.14 bits per heavy atom. The predicted molar refractivity (Wildman–Crippen MR) is 68.0 cm³/mol. The summed E-state index contributed by atoms with van der Waals surface area (Å²) in [6, 6.07) is 2.16. The number of rotatable bonds is 4. The Balaban J connectivity index is 2.56. The summed E-state index contributed by atoms with van der Waals surface area (Å²) in [5, 5.41) is 0. The van der Waals surface area contributed by atoms with Gasteiger partial charge in [-0.2, -0.15) is 0 Å². The van der Waals surface area contributed by atoms with Crippen molar-refractivity contribution in [2.24, 2.45) is 11.7 Å². The summed E-state index contributed by atoms with van der Waals surface area (Å²) in [5.74, 6) is 0.708. The predicted octanol–water partition coefficient (Wildman–Crippen LogP) is 4.60. The molecule has 1 aromatic rings. The zero-order valence-corrected chi connectivity index (χ0v) is 11.5. The molecule has 0 amide bonds. The molecule has 0 radical (unpaired) electrons. The van der Waals surface area contributed by atoms with Gasteiger partial charge in [-0.25, -0.2) is 0 Å². The lowest BCUT2D eigenvalue weighted by atomic mass is 10.0. The number of hydrogen-bond acceptors (Lipinski definition) is 2. The minimum absolute atomic E-state index is 0.131. The second-order valence-electron chi connectivity index (χ2n) is 3.85. The van der Waals surface area contributed by atoms with Gasteiger partial charge in [0.2, 0.25) is 0 Å². The summed E-state index contributed by atoms with van der Waals surface area (Å²) >= 11 is 10.9. The van der Waals surface area contributed by atoms with Crippen molar-refractivity contribution < 1.29 is 0 Å². The van der Waals surface area contributed by atoms with Crippen LogP contribution in [0, 0.1) is 5.92 Å². The molecule has 0 bridgehead atoms. The third kappa shape index (κ3) is 3.54. The molecular formula is C10H15BrClNS. The van der Waals surface area contributed by atoms with Crippen LogP contribution in [0.5, 0.6) is 0 Å². The SMILES string of the molecule is CC(C)CCC(N)c1cc(Br)c(Cl)s1. The van der Waals surface area contributed by atoms with Gasteiger partial charge < -0.3 is 5.73 Å². The fourth-order valence-corrected chi connectivity index (χ4v) is 2.97. The summed E-state index contributed by atoms with van der Waals surface area (Å²) < 4.78 is 1.75. The standard InChI is InChI=1S/C10H15BrClNS/c1-6(2)3-4-8(13)9-5-7(11)10(12)14-9/h5-6,8H,3-4,13H2,1-2H3. The maximum absolute atomic E-state index is 6.06. The monoisotopic (exact) mass is 295 g/mol. The molecule has 0 saturated carbocycles. The van der Waals surface area contributed by atoms with Crippen LogP contribution in [0.2, 0.25) is 4.34 Å². The Kier molecular flexibility index (Phi) is 4.91. The molecule has 1 aromatic heterocycles. The highest BCUT2D eigenvalue weighted by molar-refractivity contribution is 9.10. The molecular weight excluding hydrogens is 282 g/mol. The van der Waals surface area contributed by atoms with E-state index >= 15 is 0 Å². The minimum atomic E-state index is 0.131. The molecule has 4 heteroatoms. The molecule has 1 heterocycles. The molecule has 80 valence electrons.